The molecular formula is C11H14O3. The van der Waals surface area contributed by atoms with Crippen LogP contribution in [0, 0.1) is 5.92 Å². The molecular weight excluding hydrogens is 180 g/mol. The fourth-order valence-corrected chi connectivity index (χ4v) is 1.19. The van der Waals surface area contributed by atoms with Gasteiger partial charge >= 0.3 is 0 Å². The molecule has 0 aliphatic heterocycles. The lowest BCUT2D eigenvalue weighted by Crippen LogP contribution is -2.09. The number of Topliss-reactive ketones (excluding diaryl/α,β-unsaturated/α-hetero) is 1. The Morgan fingerprint density at radius 1 is 1.36 bits per heavy atom. The Bertz CT molecular complexity index is 344. The van der Waals surface area contributed by atoms with Crippen LogP contribution in [0.15, 0.2) is 18.2 Å². The van der Waals surface area contributed by atoms with E-state index in [1.54, 1.807) is 13.0 Å². The van der Waals surface area contributed by atoms with Crippen LogP contribution in [0.1, 0.15) is 19.4 Å². The summed E-state index contributed by atoms with van der Waals surface area (Å²) < 4.78 is 0. The lowest BCUT2D eigenvalue weighted by molar-refractivity contribution is -0.120. The maximum Gasteiger partial charge on any atom is 0.157 e. The van der Waals surface area contributed by atoms with Crippen molar-refractivity contribution in [3.8, 4) is 11.5 Å². The Morgan fingerprint density at radius 3 is 2.50 bits per heavy atom. The van der Waals surface area contributed by atoms with Crippen LogP contribution >= 0.6 is 0 Å². The van der Waals surface area contributed by atoms with Crippen LogP contribution in [0.5, 0.6) is 11.5 Å². The molecule has 0 aromatic heterocycles. The molecule has 0 amide bonds. The smallest absolute Gasteiger partial charge is 0.157 e. The Morgan fingerprint density at radius 2 is 2.00 bits per heavy atom. The summed E-state index contributed by atoms with van der Waals surface area (Å²) in [6.45, 7) is 3.39. The standard InChI is InChI=1S/C11H14O3/c1-7(8(2)12)5-9-3-4-10(13)11(14)6-9/h3-4,6-7,13-14H,5H2,1-2H3. The molecule has 0 fully saturated rings. The molecule has 0 aliphatic rings. The fourth-order valence-electron chi connectivity index (χ4n) is 1.19. The normalized spacial score (nSPS) is 12.4. The molecule has 76 valence electrons. The van der Waals surface area contributed by atoms with Gasteiger partial charge in [0.15, 0.2) is 11.5 Å². The molecule has 1 rings (SSSR count). The lowest BCUT2D eigenvalue weighted by atomic mass is 9.98. The molecule has 1 atom stereocenters. The van der Waals surface area contributed by atoms with Crippen LogP contribution in [-0.2, 0) is 11.2 Å². The summed E-state index contributed by atoms with van der Waals surface area (Å²) in [6, 6.07) is 4.61. The number of ketones is 1. The van der Waals surface area contributed by atoms with Crippen molar-refractivity contribution >= 4 is 5.78 Å². The van der Waals surface area contributed by atoms with E-state index in [4.69, 9.17) is 5.11 Å². The number of benzene rings is 1. The van der Waals surface area contributed by atoms with Gasteiger partial charge in [-0.15, -0.1) is 0 Å². The van der Waals surface area contributed by atoms with Gasteiger partial charge in [0, 0.05) is 5.92 Å². The Hall–Kier alpha value is -1.51. The predicted molar refractivity (Wildman–Crippen MR) is 53.3 cm³/mol. The van der Waals surface area contributed by atoms with E-state index in [-0.39, 0.29) is 23.2 Å². The molecule has 1 aromatic rings. The molecule has 0 bridgehead atoms. The molecule has 3 heteroatoms. The van der Waals surface area contributed by atoms with Crippen molar-refractivity contribution in [2.75, 3.05) is 0 Å². The Labute approximate surface area is 83.0 Å². The first-order valence-corrected chi connectivity index (χ1v) is 4.52. The number of hydrogen-bond acceptors (Lipinski definition) is 3. The third-order valence-corrected chi connectivity index (χ3v) is 2.28. The predicted octanol–water partition coefficient (Wildman–Crippen LogP) is 1.87. The molecule has 0 spiro atoms. The minimum absolute atomic E-state index is 0.0565. The topological polar surface area (TPSA) is 57.5 Å². The molecule has 0 saturated heterocycles. The molecule has 14 heavy (non-hydrogen) atoms. The maximum absolute atomic E-state index is 11.0. The number of carbonyl (C=O) groups excluding carboxylic acids is 1. The summed E-state index contributed by atoms with van der Waals surface area (Å²) >= 11 is 0. The summed E-state index contributed by atoms with van der Waals surface area (Å²) in [4.78, 5) is 11.0. The van der Waals surface area contributed by atoms with E-state index in [2.05, 4.69) is 0 Å². The van der Waals surface area contributed by atoms with E-state index in [0.717, 1.165) is 5.56 Å². The fraction of sp³-hybridized carbons (Fsp3) is 0.364. The number of carbonyl (C=O) groups is 1. The second-order valence-electron chi connectivity index (χ2n) is 3.54. The van der Waals surface area contributed by atoms with Gasteiger partial charge in [0.05, 0.1) is 0 Å². The second kappa shape index (κ2) is 4.13. The van der Waals surface area contributed by atoms with Crippen molar-refractivity contribution in [3.05, 3.63) is 23.8 Å². The van der Waals surface area contributed by atoms with Gasteiger partial charge in [-0.1, -0.05) is 13.0 Å². The minimum Gasteiger partial charge on any atom is -0.504 e. The van der Waals surface area contributed by atoms with Crippen molar-refractivity contribution in [2.24, 2.45) is 5.92 Å². The third-order valence-electron chi connectivity index (χ3n) is 2.28. The number of aromatic hydroxyl groups is 2. The summed E-state index contributed by atoms with van der Waals surface area (Å²) in [6.07, 6.45) is 0.586. The molecule has 1 aromatic carbocycles. The zero-order chi connectivity index (χ0) is 10.7. The lowest BCUT2D eigenvalue weighted by Gasteiger charge is -2.08. The van der Waals surface area contributed by atoms with Gasteiger partial charge in [0.25, 0.3) is 0 Å². The highest BCUT2D eigenvalue weighted by Gasteiger charge is 2.09. The van der Waals surface area contributed by atoms with Crippen molar-refractivity contribution in [1.29, 1.82) is 0 Å². The van der Waals surface area contributed by atoms with Crippen LogP contribution in [0.4, 0.5) is 0 Å². The SMILES string of the molecule is CC(=O)C(C)Cc1ccc(O)c(O)c1. The van der Waals surface area contributed by atoms with E-state index in [9.17, 15) is 9.90 Å². The largest absolute Gasteiger partial charge is 0.504 e. The van der Waals surface area contributed by atoms with Crippen LogP contribution in [0.2, 0.25) is 0 Å². The van der Waals surface area contributed by atoms with Gasteiger partial charge in [-0.3, -0.25) is 4.79 Å². The van der Waals surface area contributed by atoms with E-state index in [0.29, 0.717) is 6.42 Å². The van der Waals surface area contributed by atoms with Gasteiger partial charge in [-0.05, 0) is 31.0 Å². The second-order valence-corrected chi connectivity index (χ2v) is 3.54. The molecule has 0 aliphatic carbocycles. The molecule has 0 heterocycles. The Balaban J connectivity index is 2.78. The van der Waals surface area contributed by atoms with E-state index in [1.165, 1.54) is 12.1 Å². The molecule has 2 N–H and O–H groups in total. The van der Waals surface area contributed by atoms with Crippen molar-refractivity contribution in [3.63, 3.8) is 0 Å². The molecule has 0 saturated carbocycles. The molecule has 1 unspecified atom stereocenters. The first kappa shape index (κ1) is 10.6. The first-order chi connectivity index (χ1) is 6.50. The highest BCUT2D eigenvalue weighted by Crippen LogP contribution is 2.26. The maximum atomic E-state index is 11.0. The van der Waals surface area contributed by atoms with Crippen molar-refractivity contribution in [1.82, 2.24) is 0 Å². The van der Waals surface area contributed by atoms with E-state index < -0.39 is 0 Å². The summed E-state index contributed by atoms with van der Waals surface area (Å²) in [5.41, 5.74) is 0.850. The third kappa shape index (κ3) is 2.49. The average molecular weight is 194 g/mol. The number of hydrogen-bond donors (Lipinski definition) is 2. The highest BCUT2D eigenvalue weighted by molar-refractivity contribution is 5.78. The highest BCUT2D eigenvalue weighted by atomic mass is 16.3. The van der Waals surface area contributed by atoms with Crippen molar-refractivity contribution in [2.45, 2.75) is 20.3 Å². The van der Waals surface area contributed by atoms with Gasteiger partial charge in [-0.2, -0.15) is 0 Å². The van der Waals surface area contributed by atoms with Gasteiger partial charge in [0.2, 0.25) is 0 Å². The first-order valence-electron chi connectivity index (χ1n) is 4.52. The zero-order valence-electron chi connectivity index (χ0n) is 8.32. The van der Waals surface area contributed by atoms with E-state index >= 15 is 0 Å². The Kier molecular flexibility index (Phi) is 3.12. The quantitative estimate of drug-likeness (QED) is 0.722. The van der Waals surface area contributed by atoms with Crippen LogP contribution in [-0.4, -0.2) is 16.0 Å². The summed E-state index contributed by atoms with van der Waals surface area (Å²) in [5.74, 6) is -0.209. The van der Waals surface area contributed by atoms with Crippen LogP contribution in [0.25, 0.3) is 0 Å². The van der Waals surface area contributed by atoms with E-state index in [1.807, 2.05) is 6.92 Å². The summed E-state index contributed by atoms with van der Waals surface area (Å²) in [7, 11) is 0. The minimum atomic E-state index is -0.141. The number of rotatable bonds is 3. The number of phenols is 2. The number of phenolic OH excluding ortho intramolecular Hbond substituents is 2. The van der Waals surface area contributed by atoms with Crippen molar-refractivity contribution < 1.29 is 15.0 Å². The van der Waals surface area contributed by atoms with Crippen LogP contribution in [0.3, 0.4) is 0 Å². The average Bonchev–Trinajstić information content (AvgIpc) is 2.11. The van der Waals surface area contributed by atoms with Gasteiger partial charge in [-0.25, -0.2) is 0 Å². The molecule has 3 nitrogen and oxygen atoms in total. The zero-order valence-corrected chi connectivity index (χ0v) is 8.32. The van der Waals surface area contributed by atoms with Gasteiger partial charge < -0.3 is 10.2 Å². The monoisotopic (exact) mass is 194 g/mol. The van der Waals surface area contributed by atoms with Gasteiger partial charge in [0.1, 0.15) is 5.78 Å². The molecule has 0 radical (unpaired) electrons. The summed E-state index contributed by atoms with van der Waals surface area (Å²) in [5, 5.41) is 18.3. The van der Waals surface area contributed by atoms with Crippen LogP contribution < -0.4 is 0 Å².